The molecule has 0 aliphatic rings. The second-order valence-corrected chi connectivity index (χ2v) is 7.48. The summed E-state index contributed by atoms with van der Waals surface area (Å²) in [4.78, 5) is 0. The summed E-state index contributed by atoms with van der Waals surface area (Å²) in [5.41, 5.74) is 0.218. The van der Waals surface area contributed by atoms with Gasteiger partial charge in [0, 0.05) is 5.41 Å². The molecule has 0 heterocycles. The summed E-state index contributed by atoms with van der Waals surface area (Å²) >= 11 is 0. The van der Waals surface area contributed by atoms with Gasteiger partial charge in [-0.2, -0.15) is 0 Å². The van der Waals surface area contributed by atoms with Crippen LogP contribution in [0.3, 0.4) is 0 Å². The molecule has 0 rings (SSSR count). The zero-order valence-electron chi connectivity index (χ0n) is 13.4. The largest absolute Gasteiger partial charge is 0.393 e. The molecule has 1 atom stereocenters. The van der Waals surface area contributed by atoms with E-state index in [0.717, 1.165) is 25.7 Å². The highest BCUT2D eigenvalue weighted by Crippen LogP contribution is 2.56. The molecule has 0 fully saturated rings. The highest BCUT2D eigenvalue weighted by atomic mass is 16.3. The summed E-state index contributed by atoms with van der Waals surface area (Å²) in [6.45, 7) is 18.1. The van der Waals surface area contributed by atoms with Crippen LogP contribution in [0.4, 0.5) is 0 Å². The van der Waals surface area contributed by atoms with Gasteiger partial charge in [0.2, 0.25) is 0 Å². The summed E-state index contributed by atoms with van der Waals surface area (Å²) in [7, 11) is 0. The standard InChI is InChI=1S/C16H34O/c1-9-11-12-13(17)16(10-2,14(3,4)5)15(6,7)8/h13,17H,9-12H2,1-8H3. The Labute approximate surface area is 109 Å². The van der Waals surface area contributed by atoms with Crippen molar-refractivity contribution in [2.45, 2.75) is 87.2 Å². The second kappa shape index (κ2) is 5.73. The number of hydrogen-bond acceptors (Lipinski definition) is 1. The van der Waals surface area contributed by atoms with Crippen molar-refractivity contribution in [1.82, 2.24) is 0 Å². The van der Waals surface area contributed by atoms with Gasteiger partial charge in [0.1, 0.15) is 0 Å². The average molecular weight is 242 g/mol. The van der Waals surface area contributed by atoms with Crippen molar-refractivity contribution < 1.29 is 5.11 Å². The molecule has 0 aliphatic carbocycles. The fraction of sp³-hybridized carbons (Fsp3) is 1.00. The van der Waals surface area contributed by atoms with Crippen molar-refractivity contribution in [3.63, 3.8) is 0 Å². The van der Waals surface area contributed by atoms with E-state index in [1.54, 1.807) is 0 Å². The lowest BCUT2D eigenvalue weighted by molar-refractivity contribution is -0.135. The number of hydrogen-bond donors (Lipinski definition) is 1. The molecule has 0 saturated heterocycles. The third-order valence-corrected chi connectivity index (χ3v) is 4.63. The van der Waals surface area contributed by atoms with Gasteiger partial charge in [0.15, 0.2) is 0 Å². The van der Waals surface area contributed by atoms with E-state index in [1.807, 2.05) is 0 Å². The third kappa shape index (κ3) is 3.24. The highest BCUT2D eigenvalue weighted by molar-refractivity contribution is 5.02. The molecular formula is C16H34O. The van der Waals surface area contributed by atoms with Crippen LogP contribution in [0.2, 0.25) is 0 Å². The maximum Gasteiger partial charge on any atom is 0.0606 e. The van der Waals surface area contributed by atoms with Crippen LogP contribution in [-0.2, 0) is 0 Å². The van der Waals surface area contributed by atoms with Crippen LogP contribution in [0.5, 0.6) is 0 Å². The Kier molecular flexibility index (Phi) is 5.72. The molecule has 0 spiro atoms. The van der Waals surface area contributed by atoms with E-state index in [0.29, 0.717) is 0 Å². The van der Waals surface area contributed by atoms with Crippen LogP contribution in [-0.4, -0.2) is 11.2 Å². The highest BCUT2D eigenvalue weighted by Gasteiger charge is 2.53. The lowest BCUT2D eigenvalue weighted by atomic mass is 9.50. The van der Waals surface area contributed by atoms with Gasteiger partial charge >= 0.3 is 0 Å². The minimum absolute atomic E-state index is 0.0187. The van der Waals surface area contributed by atoms with Crippen molar-refractivity contribution in [2.75, 3.05) is 0 Å². The van der Waals surface area contributed by atoms with Gasteiger partial charge in [0.05, 0.1) is 6.10 Å². The predicted octanol–water partition coefficient (Wildman–Crippen LogP) is 5.03. The summed E-state index contributed by atoms with van der Waals surface area (Å²) in [5, 5.41) is 10.8. The Hall–Kier alpha value is -0.0400. The molecule has 0 amide bonds. The molecule has 1 unspecified atom stereocenters. The predicted molar refractivity (Wildman–Crippen MR) is 77.2 cm³/mol. The molecule has 1 N–H and O–H groups in total. The number of rotatable bonds is 5. The van der Waals surface area contributed by atoms with Gasteiger partial charge in [-0.1, -0.05) is 68.2 Å². The second-order valence-electron chi connectivity index (χ2n) is 7.48. The summed E-state index contributed by atoms with van der Waals surface area (Å²) in [6.07, 6.45) is 4.04. The van der Waals surface area contributed by atoms with Gasteiger partial charge in [-0.3, -0.25) is 0 Å². The lowest BCUT2D eigenvalue weighted by Gasteiger charge is -2.56. The molecule has 1 heteroatoms. The Bertz CT molecular complexity index is 203. The van der Waals surface area contributed by atoms with Crippen LogP contribution in [0.25, 0.3) is 0 Å². The van der Waals surface area contributed by atoms with Gasteiger partial charge in [-0.15, -0.1) is 0 Å². The molecular weight excluding hydrogens is 208 g/mol. The Morgan fingerprint density at radius 1 is 0.882 bits per heavy atom. The third-order valence-electron chi connectivity index (χ3n) is 4.63. The van der Waals surface area contributed by atoms with Crippen molar-refractivity contribution in [2.24, 2.45) is 16.2 Å². The van der Waals surface area contributed by atoms with Gasteiger partial charge in [-0.25, -0.2) is 0 Å². The quantitative estimate of drug-likeness (QED) is 0.717. The van der Waals surface area contributed by atoms with Crippen molar-refractivity contribution >= 4 is 0 Å². The summed E-state index contributed by atoms with van der Waals surface area (Å²) in [6, 6.07) is 0. The topological polar surface area (TPSA) is 20.2 Å². The minimum Gasteiger partial charge on any atom is -0.393 e. The van der Waals surface area contributed by atoms with Crippen molar-refractivity contribution in [3.05, 3.63) is 0 Å². The first-order valence-corrected chi connectivity index (χ1v) is 7.22. The Morgan fingerprint density at radius 3 is 1.53 bits per heavy atom. The minimum atomic E-state index is -0.201. The van der Waals surface area contributed by atoms with E-state index in [-0.39, 0.29) is 22.3 Å². The zero-order valence-corrected chi connectivity index (χ0v) is 13.4. The normalized spacial score (nSPS) is 16.1. The first-order chi connectivity index (χ1) is 7.54. The first kappa shape index (κ1) is 17.0. The fourth-order valence-electron chi connectivity index (χ4n) is 4.06. The Balaban J connectivity index is 5.36. The van der Waals surface area contributed by atoms with Crippen LogP contribution in [0, 0.1) is 16.2 Å². The molecule has 0 aromatic carbocycles. The zero-order chi connectivity index (χ0) is 13.9. The van der Waals surface area contributed by atoms with Crippen molar-refractivity contribution in [1.29, 1.82) is 0 Å². The maximum absolute atomic E-state index is 10.8. The molecule has 0 aliphatic heterocycles. The van der Waals surface area contributed by atoms with E-state index in [9.17, 15) is 5.11 Å². The summed E-state index contributed by atoms with van der Waals surface area (Å²) in [5.74, 6) is 0. The molecule has 0 radical (unpaired) electrons. The fourth-order valence-corrected chi connectivity index (χ4v) is 4.06. The molecule has 104 valence electrons. The van der Waals surface area contributed by atoms with Crippen LogP contribution in [0.1, 0.15) is 81.1 Å². The average Bonchev–Trinajstić information content (AvgIpc) is 2.11. The number of aliphatic hydroxyl groups excluding tert-OH is 1. The molecule has 17 heavy (non-hydrogen) atoms. The molecule has 0 aromatic heterocycles. The SMILES string of the molecule is CCCCC(O)C(CC)(C(C)(C)C)C(C)(C)C. The number of unbranched alkanes of at least 4 members (excludes halogenated alkanes) is 1. The number of aliphatic hydroxyl groups is 1. The van der Waals surface area contributed by atoms with Crippen LogP contribution in [0.15, 0.2) is 0 Å². The van der Waals surface area contributed by atoms with Crippen molar-refractivity contribution in [3.8, 4) is 0 Å². The van der Waals surface area contributed by atoms with Gasteiger partial charge < -0.3 is 5.11 Å². The maximum atomic E-state index is 10.8. The Morgan fingerprint density at radius 2 is 1.29 bits per heavy atom. The van der Waals surface area contributed by atoms with E-state index < -0.39 is 0 Å². The molecule has 0 aromatic rings. The van der Waals surface area contributed by atoms with Crippen LogP contribution >= 0.6 is 0 Å². The molecule has 0 saturated carbocycles. The monoisotopic (exact) mass is 242 g/mol. The first-order valence-electron chi connectivity index (χ1n) is 7.22. The van der Waals surface area contributed by atoms with E-state index >= 15 is 0 Å². The summed E-state index contributed by atoms with van der Waals surface area (Å²) < 4.78 is 0. The smallest absolute Gasteiger partial charge is 0.0606 e. The van der Waals surface area contributed by atoms with E-state index in [4.69, 9.17) is 0 Å². The van der Waals surface area contributed by atoms with Crippen LogP contribution < -0.4 is 0 Å². The lowest BCUT2D eigenvalue weighted by Crippen LogP contribution is -2.54. The molecule has 1 nitrogen and oxygen atoms in total. The van der Waals surface area contributed by atoms with E-state index in [1.165, 1.54) is 0 Å². The van der Waals surface area contributed by atoms with Gasteiger partial charge in [0.25, 0.3) is 0 Å². The van der Waals surface area contributed by atoms with E-state index in [2.05, 4.69) is 55.4 Å². The molecule has 0 bridgehead atoms. The van der Waals surface area contributed by atoms with Gasteiger partial charge in [-0.05, 0) is 23.7 Å².